The second-order valence-corrected chi connectivity index (χ2v) is 4.80. The van der Waals surface area contributed by atoms with E-state index in [4.69, 9.17) is 0 Å². The zero-order valence-electron chi connectivity index (χ0n) is 12.7. The molecule has 0 saturated carbocycles. The predicted octanol–water partition coefficient (Wildman–Crippen LogP) is 2.26. The lowest BCUT2D eigenvalue weighted by Gasteiger charge is -2.29. The van der Waals surface area contributed by atoms with Crippen molar-refractivity contribution in [3.63, 3.8) is 0 Å². The number of aliphatic imine (C=N–C) groups is 2. The average Bonchev–Trinajstić information content (AvgIpc) is 2.25. The van der Waals surface area contributed by atoms with Gasteiger partial charge in [-0.15, -0.1) is 12.4 Å². The number of rotatable bonds is 8. The molecule has 0 aliphatic heterocycles. The lowest BCUT2D eigenvalue weighted by molar-refractivity contribution is 0.230. The molecule has 0 rings (SSSR count). The maximum absolute atomic E-state index is 4.49. The molecule has 0 aromatic carbocycles. The van der Waals surface area contributed by atoms with E-state index in [1.807, 2.05) is 6.92 Å². The molecule has 0 amide bonds. The zero-order valence-corrected chi connectivity index (χ0v) is 13.5. The second kappa shape index (κ2) is 11.7. The van der Waals surface area contributed by atoms with Crippen molar-refractivity contribution in [2.75, 3.05) is 41.3 Å². The van der Waals surface area contributed by atoms with Crippen LogP contribution in [0.1, 0.15) is 26.7 Å². The van der Waals surface area contributed by atoms with Gasteiger partial charge < -0.3 is 9.80 Å². The highest BCUT2D eigenvalue weighted by Crippen LogP contribution is 2.12. The summed E-state index contributed by atoms with van der Waals surface area (Å²) in [5.41, 5.74) is 0. The van der Waals surface area contributed by atoms with Crippen molar-refractivity contribution < 1.29 is 0 Å². The minimum absolute atomic E-state index is 0. The van der Waals surface area contributed by atoms with E-state index in [1.165, 1.54) is 0 Å². The number of hydrogen-bond acceptors (Lipinski definition) is 4. The van der Waals surface area contributed by atoms with Crippen LogP contribution in [0.4, 0.5) is 0 Å². The lowest BCUT2D eigenvalue weighted by Crippen LogP contribution is -2.39. The van der Waals surface area contributed by atoms with Gasteiger partial charge in [0, 0.05) is 12.6 Å². The van der Waals surface area contributed by atoms with Crippen molar-refractivity contribution in [3.05, 3.63) is 0 Å². The molecule has 0 aromatic heterocycles. The Labute approximate surface area is 119 Å². The van der Waals surface area contributed by atoms with Gasteiger partial charge in [0.25, 0.3) is 0 Å². The van der Waals surface area contributed by atoms with Gasteiger partial charge in [0.05, 0.1) is 12.1 Å². The smallest absolute Gasteiger partial charge is 0.0895 e. The van der Waals surface area contributed by atoms with Crippen LogP contribution in [0.2, 0.25) is 0 Å². The summed E-state index contributed by atoms with van der Waals surface area (Å²) >= 11 is 0. The summed E-state index contributed by atoms with van der Waals surface area (Å²) < 4.78 is 0. The molecule has 0 heterocycles. The third-order valence-corrected chi connectivity index (χ3v) is 2.85. The monoisotopic (exact) mass is 276 g/mol. The summed E-state index contributed by atoms with van der Waals surface area (Å²) in [6, 6.07) is 3.59. The number of hydrogen-bond donors (Lipinski definition) is 0. The first kappa shape index (κ1) is 19.9. The Bertz CT molecular complexity index is 247. The third-order valence-electron chi connectivity index (χ3n) is 2.85. The van der Waals surface area contributed by atoms with Crippen LogP contribution in [0.3, 0.4) is 0 Å². The van der Waals surface area contributed by atoms with Crippen molar-refractivity contribution in [2.45, 2.75) is 38.8 Å². The summed E-state index contributed by atoms with van der Waals surface area (Å²) in [4.78, 5) is 13.0. The molecule has 0 fully saturated rings. The molecule has 2 unspecified atom stereocenters. The first-order valence-electron chi connectivity index (χ1n) is 6.45. The van der Waals surface area contributed by atoms with Crippen LogP contribution in [0.15, 0.2) is 9.98 Å². The molecule has 0 spiro atoms. The first-order valence-corrected chi connectivity index (χ1v) is 6.45. The standard InChI is InChI=1S/C13H28N4.ClH/c1-7-13(17(5)6)12(9-10-16(3)4)15-11-14-8-2;/h12-13H,7-10H2,1-6H3;1H. The minimum Gasteiger partial charge on any atom is -0.309 e. The van der Waals surface area contributed by atoms with E-state index in [2.05, 4.69) is 60.9 Å². The van der Waals surface area contributed by atoms with Gasteiger partial charge in [0.1, 0.15) is 0 Å². The summed E-state index contributed by atoms with van der Waals surface area (Å²) in [5, 5.41) is 0. The Morgan fingerprint density at radius 3 is 2.11 bits per heavy atom. The molecule has 2 atom stereocenters. The zero-order chi connectivity index (χ0) is 13.3. The number of nitrogens with zero attached hydrogens (tertiary/aromatic N) is 4. The highest BCUT2D eigenvalue weighted by Gasteiger charge is 2.20. The van der Waals surface area contributed by atoms with Crippen molar-refractivity contribution in [1.82, 2.24) is 9.80 Å². The van der Waals surface area contributed by atoms with Crippen LogP contribution in [0.5, 0.6) is 0 Å². The van der Waals surface area contributed by atoms with Crippen molar-refractivity contribution >= 4 is 18.4 Å². The van der Waals surface area contributed by atoms with E-state index >= 15 is 0 Å². The van der Waals surface area contributed by atoms with E-state index in [-0.39, 0.29) is 18.4 Å². The van der Waals surface area contributed by atoms with Crippen LogP contribution >= 0.6 is 12.4 Å². The molecule has 18 heavy (non-hydrogen) atoms. The normalized spacial score (nSPS) is 13.8. The molecule has 0 aliphatic carbocycles. The largest absolute Gasteiger partial charge is 0.309 e. The lowest BCUT2D eigenvalue weighted by atomic mass is 10.0. The van der Waals surface area contributed by atoms with Gasteiger partial charge in [-0.05, 0) is 54.5 Å². The maximum Gasteiger partial charge on any atom is 0.0895 e. The maximum atomic E-state index is 4.49. The van der Waals surface area contributed by atoms with E-state index in [0.717, 1.165) is 25.9 Å². The fourth-order valence-corrected chi connectivity index (χ4v) is 1.90. The fraction of sp³-hybridized carbons (Fsp3) is 0.923. The van der Waals surface area contributed by atoms with Gasteiger partial charge in [-0.1, -0.05) is 6.92 Å². The molecule has 0 aliphatic rings. The second-order valence-electron chi connectivity index (χ2n) is 4.80. The van der Waals surface area contributed by atoms with Gasteiger partial charge in [-0.25, -0.2) is 9.98 Å². The summed E-state index contributed by atoms with van der Waals surface area (Å²) in [5.74, 6) is 0. The van der Waals surface area contributed by atoms with Gasteiger partial charge >= 0.3 is 0 Å². The predicted molar refractivity (Wildman–Crippen MR) is 82.4 cm³/mol. The Kier molecular flexibility index (Phi) is 12.9. The summed E-state index contributed by atoms with van der Waals surface area (Å²) in [6.07, 6.45) is 2.15. The number of likely N-dealkylation sites (N-methyl/N-ethyl adjacent to an activating group) is 1. The Morgan fingerprint density at radius 2 is 1.72 bits per heavy atom. The van der Waals surface area contributed by atoms with E-state index < -0.39 is 0 Å². The summed E-state index contributed by atoms with van der Waals surface area (Å²) in [6.45, 7) is 6.01. The van der Waals surface area contributed by atoms with Crippen molar-refractivity contribution in [1.29, 1.82) is 0 Å². The Hall–Kier alpha value is -0.410. The highest BCUT2D eigenvalue weighted by molar-refractivity contribution is 5.85. The van der Waals surface area contributed by atoms with Crippen LogP contribution in [-0.2, 0) is 0 Å². The SMILES string of the molecule is CCN=C=NC(CCN(C)C)C(CC)N(C)C.Cl. The topological polar surface area (TPSA) is 31.2 Å². The Balaban J connectivity index is 0. The van der Waals surface area contributed by atoms with Gasteiger partial charge in [0.2, 0.25) is 0 Å². The minimum atomic E-state index is 0. The summed E-state index contributed by atoms with van der Waals surface area (Å²) in [7, 11) is 8.42. The van der Waals surface area contributed by atoms with Crippen LogP contribution < -0.4 is 0 Å². The van der Waals surface area contributed by atoms with Crippen LogP contribution in [-0.4, -0.2) is 69.2 Å². The van der Waals surface area contributed by atoms with Crippen LogP contribution in [0.25, 0.3) is 0 Å². The molecule has 0 saturated heterocycles. The van der Waals surface area contributed by atoms with Crippen molar-refractivity contribution in [2.24, 2.45) is 9.98 Å². The fourth-order valence-electron chi connectivity index (χ4n) is 1.90. The molecule has 4 nitrogen and oxygen atoms in total. The van der Waals surface area contributed by atoms with E-state index in [1.54, 1.807) is 0 Å². The molecule has 0 bridgehead atoms. The van der Waals surface area contributed by atoms with E-state index in [9.17, 15) is 0 Å². The quantitative estimate of drug-likeness (QED) is 0.637. The third kappa shape index (κ3) is 8.65. The molecular weight excluding hydrogens is 248 g/mol. The molecule has 108 valence electrons. The molecule has 0 radical (unpaired) electrons. The van der Waals surface area contributed by atoms with Crippen LogP contribution in [0, 0.1) is 0 Å². The average molecular weight is 277 g/mol. The van der Waals surface area contributed by atoms with Crippen molar-refractivity contribution in [3.8, 4) is 0 Å². The number of halogens is 1. The van der Waals surface area contributed by atoms with E-state index in [0.29, 0.717) is 6.04 Å². The van der Waals surface area contributed by atoms with Gasteiger partial charge in [-0.2, -0.15) is 0 Å². The molecule has 0 aromatic rings. The molecule has 5 heteroatoms. The van der Waals surface area contributed by atoms with Gasteiger partial charge in [0.15, 0.2) is 0 Å². The highest BCUT2D eigenvalue weighted by atomic mass is 35.5. The molecular formula is C13H29ClN4. The van der Waals surface area contributed by atoms with Gasteiger partial charge in [-0.3, -0.25) is 0 Å². The molecule has 0 N–H and O–H groups in total. The first-order chi connectivity index (χ1) is 8.02. The Morgan fingerprint density at radius 1 is 1.11 bits per heavy atom.